The Hall–Kier alpha value is -3.94. The normalized spacial score (nSPS) is 12.4. The van der Waals surface area contributed by atoms with Gasteiger partial charge in [-0.15, -0.1) is 12.4 Å². The van der Waals surface area contributed by atoms with Gasteiger partial charge in [-0.3, -0.25) is 19.3 Å². The van der Waals surface area contributed by atoms with Crippen molar-refractivity contribution >= 4 is 53.0 Å². The summed E-state index contributed by atoms with van der Waals surface area (Å²) in [6, 6.07) is 18.4. The van der Waals surface area contributed by atoms with E-state index >= 15 is 0 Å². The molecule has 0 bridgehead atoms. The molecule has 0 atom stereocenters. The van der Waals surface area contributed by atoms with Crippen molar-refractivity contribution in [2.45, 2.75) is 20.4 Å². The fourth-order valence-corrected chi connectivity index (χ4v) is 4.79. The number of fused-ring (bicyclic) bond motifs is 1. The second-order valence-corrected chi connectivity index (χ2v) is 9.26. The summed E-state index contributed by atoms with van der Waals surface area (Å²) in [5.41, 5.74) is 5.79. The maximum atomic E-state index is 13.7. The van der Waals surface area contributed by atoms with E-state index in [9.17, 15) is 14.4 Å². The van der Waals surface area contributed by atoms with Gasteiger partial charge in [-0.1, -0.05) is 41.9 Å². The molecule has 1 N–H and O–H groups in total. The van der Waals surface area contributed by atoms with Crippen molar-refractivity contribution in [2.24, 2.45) is 0 Å². The van der Waals surface area contributed by atoms with E-state index in [-0.39, 0.29) is 31.4 Å². The molecule has 3 aromatic carbocycles. The Bertz CT molecular complexity index is 1480. The van der Waals surface area contributed by atoms with Crippen LogP contribution in [0.25, 0.3) is 11.3 Å². The number of aromatic nitrogens is 2. The van der Waals surface area contributed by atoms with Gasteiger partial charge in [0.05, 0.1) is 36.0 Å². The number of nitrogens with one attached hydrogen (secondary N) is 1. The van der Waals surface area contributed by atoms with Crippen LogP contribution in [0.2, 0.25) is 5.02 Å². The van der Waals surface area contributed by atoms with E-state index in [1.54, 1.807) is 35.6 Å². The zero-order chi connectivity index (χ0) is 25.4. The van der Waals surface area contributed by atoms with Crippen LogP contribution >= 0.6 is 24.0 Å². The number of rotatable bonds is 6. The lowest BCUT2D eigenvalue weighted by Gasteiger charge is -2.26. The van der Waals surface area contributed by atoms with Crippen molar-refractivity contribution in [3.05, 3.63) is 100 Å². The number of amides is 2. The van der Waals surface area contributed by atoms with E-state index in [4.69, 9.17) is 11.6 Å². The van der Waals surface area contributed by atoms with E-state index in [2.05, 4.69) is 9.97 Å². The highest BCUT2D eigenvalue weighted by Crippen LogP contribution is 2.34. The third kappa shape index (κ3) is 5.14. The molecule has 0 saturated heterocycles. The van der Waals surface area contributed by atoms with Crippen LogP contribution in [0.15, 0.2) is 73.2 Å². The monoisotopic (exact) mass is 534 g/mol. The number of anilines is 2. The van der Waals surface area contributed by atoms with Gasteiger partial charge in [0.25, 0.3) is 11.7 Å². The second-order valence-electron chi connectivity index (χ2n) is 8.82. The summed E-state index contributed by atoms with van der Waals surface area (Å²) in [7, 11) is 0. The van der Waals surface area contributed by atoms with Gasteiger partial charge < -0.3 is 9.88 Å². The zero-order valence-corrected chi connectivity index (χ0v) is 21.8. The van der Waals surface area contributed by atoms with Gasteiger partial charge in [-0.25, -0.2) is 4.98 Å². The highest BCUT2D eigenvalue weighted by molar-refractivity contribution is 6.53. The smallest absolute Gasteiger partial charge is 0.299 e. The summed E-state index contributed by atoms with van der Waals surface area (Å²) in [4.78, 5) is 49.3. The number of halogens is 2. The summed E-state index contributed by atoms with van der Waals surface area (Å²) in [5, 5.41) is 0.565. The fraction of sp³-hybridized carbons (Fsp3) is 0.143. The highest BCUT2D eigenvalue weighted by Gasteiger charge is 2.39. The minimum Gasteiger partial charge on any atom is -0.345 e. The Kier molecular flexibility index (Phi) is 7.47. The molecule has 0 unspecified atom stereocenters. The molecule has 4 aromatic rings. The minimum atomic E-state index is -0.690. The number of H-pyrrole nitrogens is 1. The molecule has 37 heavy (non-hydrogen) atoms. The number of imidazole rings is 1. The Morgan fingerprint density at radius 2 is 1.81 bits per heavy atom. The van der Waals surface area contributed by atoms with Crippen molar-refractivity contribution in [1.29, 1.82) is 0 Å². The summed E-state index contributed by atoms with van der Waals surface area (Å²) in [5.74, 6) is -1.60. The summed E-state index contributed by atoms with van der Waals surface area (Å²) in [6.07, 6.45) is 3.33. The largest absolute Gasteiger partial charge is 0.345 e. The Morgan fingerprint density at radius 1 is 1.05 bits per heavy atom. The predicted octanol–water partition coefficient (Wildman–Crippen LogP) is 5.53. The molecular weight excluding hydrogens is 511 g/mol. The van der Waals surface area contributed by atoms with E-state index in [0.29, 0.717) is 22.0 Å². The highest BCUT2D eigenvalue weighted by atomic mass is 35.5. The molecule has 7 nitrogen and oxygen atoms in total. The van der Waals surface area contributed by atoms with Crippen LogP contribution < -0.4 is 9.80 Å². The van der Waals surface area contributed by atoms with Crippen LogP contribution in [-0.2, 0) is 16.1 Å². The van der Waals surface area contributed by atoms with Gasteiger partial charge in [0.15, 0.2) is 0 Å². The first-order valence-corrected chi connectivity index (χ1v) is 11.8. The van der Waals surface area contributed by atoms with Gasteiger partial charge in [0.2, 0.25) is 5.91 Å². The van der Waals surface area contributed by atoms with Gasteiger partial charge >= 0.3 is 0 Å². The first-order chi connectivity index (χ1) is 17.3. The quantitative estimate of drug-likeness (QED) is 0.329. The average Bonchev–Trinajstić information content (AvgIpc) is 3.47. The number of hydrogen-bond acceptors (Lipinski definition) is 4. The van der Waals surface area contributed by atoms with Crippen molar-refractivity contribution in [3.8, 4) is 11.3 Å². The standard InChI is InChI=1S/C28H23ClN4O3.ClH/c1-17-10-18(2)26-23(11-17)27(35)28(36)33(26)15-25(34)32(14-19-4-3-5-21(29)12-19)22-8-6-20(7-9-22)24-13-30-16-31-24;/h3-13,16H,14-15H2,1-2H3,(H,30,31);1H. The Balaban J connectivity index is 0.00000320. The van der Waals surface area contributed by atoms with Crippen molar-refractivity contribution < 1.29 is 14.4 Å². The summed E-state index contributed by atoms with van der Waals surface area (Å²) >= 11 is 6.19. The van der Waals surface area contributed by atoms with E-state index < -0.39 is 11.7 Å². The maximum Gasteiger partial charge on any atom is 0.299 e. The molecule has 0 radical (unpaired) electrons. The molecule has 0 saturated carbocycles. The molecule has 5 rings (SSSR count). The van der Waals surface area contributed by atoms with Crippen molar-refractivity contribution in [3.63, 3.8) is 0 Å². The molecule has 2 amide bonds. The summed E-state index contributed by atoms with van der Waals surface area (Å²) < 4.78 is 0. The number of hydrogen-bond donors (Lipinski definition) is 1. The molecule has 188 valence electrons. The molecule has 1 aliphatic heterocycles. The lowest BCUT2D eigenvalue weighted by atomic mass is 10.0. The minimum absolute atomic E-state index is 0. The number of nitrogens with zero attached hydrogens (tertiary/aromatic N) is 3. The fourth-order valence-electron chi connectivity index (χ4n) is 4.58. The van der Waals surface area contributed by atoms with Crippen LogP contribution in [0, 0.1) is 13.8 Å². The van der Waals surface area contributed by atoms with Crippen molar-refractivity contribution in [2.75, 3.05) is 16.3 Å². The molecular formula is C28H24Cl2N4O3. The number of aryl methyl sites for hydroxylation is 2. The Morgan fingerprint density at radius 3 is 2.49 bits per heavy atom. The SMILES string of the molecule is Cc1cc(C)c2c(c1)C(=O)C(=O)N2CC(=O)N(Cc1cccc(Cl)c1)c1ccc(-c2cnc[nH]2)cc1.Cl. The van der Waals surface area contributed by atoms with Gasteiger partial charge in [0, 0.05) is 10.7 Å². The number of ketones is 1. The van der Waals surface area contributed by atoms with E-state index in [1.165, 1.54) is 4.90 Å². The lowest BCUT2D eigenvalue weighted by molar-refractivity contribution is -0.120. The molecule has 1 aliphatic rings. The first-order valence-electron chi connectivity index (χ1n) is 11.4. The number of Topliss-reactive ketones (excluding diaryl/α,β-unsaturated/α-hetero) is 1. The van der Waals surface area contributed by atoms with Gasteiger partial charge in [-0.05, 0) is 66.4 Å². The molecule has 2 heterocycles. The maximum absolute atomic E-state index is 13.7. The van der Waals surface area contributed by atoms with Crippen LogP contribution in [0.3, 0.4) is 0 Å². The van der Waals surface area contributed by atoms with Crippen LogP contribution in [0.1, 0.15) is 27.0 Å². The van der Waals surface area contributed by atoms with Gasteiger partial charge in [-0.2, -0.15) is 0 Å². The number of carbonyl (C=O) groups excluding carboxylic acids is 3. The van der Waals surface area contributed by atoms with Crippen LogP contribution in [0.4, 0.5) is 11.4 Å². The third-order valence-electron chi connectivity index (χ3n) is 6.21. The zero-order valence-electron chi connectivity index (χ0n) is 20.2. The second kappa shape index (κ2) is 10.6. The molecule has 9 heteroatoms. The predicted molar refractivity (Wildman–Crippen MR) is 147 cm³/mol. The van der Waals surface area contributed by atoms with Gasteiger partial charge in [0.1, 0.15) is 6.54 Å². The van der Waals surface area contributed by atoms with Crippen molar-refractivity contribution in [1.82, 2.24) is 9.97 Å². The third-order valence-corrected chi connectivity index (χ3v) is 6.45. The average molecular weight is 535 g/mol. The molecule has 0 fully saturated rings. The number of carbonyl (C=O) groups is 3. The van der Waals surface area contributed by atoms with E-state index in [1.807, 2.05) is 56.3 Å². The molecule has 0 spiro atoms. The van der Waals surface area contributed by atoms with Crippen LogP contribution in [0.5, 0.6) is 0 Å². The van der Waals surface area contributed by atoms with Crippen LogP contribution in [-0.4, -0.2) is 34.1 Å². The van der Waals surface area contributed by atoms with E-state index in [0.717, 1.165) is 27.9 Å². The Labute approximate surface area is 225 Å². The topological polar surface area (TPSA) is 86.4 Å². The molecule has 1 aromatic heterocycles. The first kappa shape index (κ1) is 26.1. The summed E-state index contributed by atoms with van der Waals surface area (Å²) in [6.45, 7) is 3.70. The number of aromatic amines is 1. The molecule has 0 aliphatic carbocycles. The number of benzene rings is 3. The lowest BCUT2D eigenvalue weighted by Crippen LogP contribution is -2.42.